The van der Waals surface area contributed by atoms with Crippen LogP contribution in [0.4, 0.5) is 0 Å². The van der Waals surface area contributed by atoms with Crippen LogP contribution >= 0.6 is 0 Å². The Morgan fingerprint density at radius 1 is 0.821 bits per heavy atom. The molecule has 1 aliphatic heterocycles. The van der Waals surface area contributed by atoms with E-state index in [0.717, 1.165) is 32.1 Å². The number of hydrogen-bond acceptors (Lipinski definition) is 9. The Morgan fingerprint density at radius 3 is 2.10 bits per heavy atom. The van der Waals surface area contributed by atoms with Gasteiger partial charge in [-0.2, -0.15) is 0 Å². The number of rotatable bonds is 23. The average molecular weight is 559 g/mol. The molecule has 1 heterocycles. The first-order valence-electron chi connectivity index (χ1n) is 14.9. The van der Waals surface area contributed by atoms with E-state index in [-0.39, 0.29) is 19.6 Å². The van der Waals surface area contributed by atoms with E-state index in [1.165, 1.54) is 44.9 Å². The van der Waals surface area contributed by atoms with Crippen LogP contribution in [0.15, 0.2) is 24.3 Å². The molecular weight excluding hydrogens is 504 g/mol. The lowest BCUT2D eigenvalue weighted by molar-refractivity contribution is -0.305. The number of aliphatic hydroxyl groups is 4. The first kappa shape index (κ1) is 35.7. The summed E-state index contributed by atoms with van der Waals surface area (Å²) >= 11 is 0. The van der Waals surface area contributed by atoms with Gasteiger partial charge in [0.05, 0.1) is 19.8 Å². The Morgan fingerprint density at radius 2 is 1.46 bits per heavy atom. The van der Waals surface area contributed by atoms with Crippen molar-refractivity contribution in [3.8, 4) is 0 Å². The number of hydrogen-bond donors (Lipinski definition) is 4. The molecule has 0 aromatic carbocycles. The van der Waals surface area contributed by atoms with Gasteiger partial charge in [0.25, 0.3) is 0 Å². The van der Waals surface area contributed by atoms with E-state index in [1.807, 2.05) is 0 Å². The summed E-state index contributed by atoms with van der Waals surface area (Å²) in [5.41, 5.74) is 0. The van der Waals surface area contributed by atoms with Crippen LogP contribution in [0.25, 0.3) is 0 Å². The predicted molar refractivity (Wildman–Crippen MR) is 150 cm³/mol. The second-order valence-electron chi connectivity index (χ2n) is 10.2. The fourth-order valence-electron chi connectivity index (χ4n) is 4.20. The van der Waals surface area contributed by atoms with Crippen molar-refractivity contribution in [2.45, 2.75) is 134 Å². The maximum absolute atomic E-state index is 11.8. The predicted octanol–water partition coefficient (Wildman–Crippen LogP) is 3.95. The summed E-state index contributed by atoms with van der Waals surface area (Å²) in [4.78, 5) is 11.8. The Hall–Kier alpha value is -1.33. The van der Waals surface area contributed by atoms with Crippen molar-refractivity contribution in [2.24, 2.45) is 0 Å². The van der Waals surface area contributed by atoms with Crippen LogP contribution in [0.3, 0.4) is 0 Å². The molecule has 0 bridgehead atoms. The van der Waals surface area contributed by atoms with Gasteiger partial charge >= 0.3 is 5.97 Å². The molecule has 9 nitrogen and oxygen atoms in total. The standard InChI is InChI=1S/C30H54O9/c1-3-5-6-7-8-9-10-11-12-13-14-15-16-17-18-19-20-36-22-24(38-26(32)4-2)23-37-30-29(35)28(34)27(33)25(21-31)39-30/h8-9,11-12,24-25,27-31,33-35H,3-7,10,13-23H2,1-2H3/b9-8-,12-11-. The summed E-state index contributed by atoms with van der Waals surface area (Å²) < 4.78 is 21.9. The van der Waals surface area contributed by atoms with E-state index < -0.39 is 49.4 Å². The van der Waals surface area contributed by atoms with Gasteiger partial charge in [-0.25, -0.2) is 0 Å². The van der Waals surface area contributed by atoms with E-state index in [2.05, 4.69) is 31.2 Å². The molecule has 9 heteroatoms. The summed E-state index contributed by atoms with van der Waals surface area (Å²) in [6.45, 7) is 3.90. The van der Waals surface area contributed by atoms with Gasteiger partial charge in [-0.15, -0.1) is 0 Å². The number of carbonyl (C=O) groups is 1. The van der Waals surface area contributed by atoms with Crippen molar-refractivity contribution in [2.75, 3.05) is 26.4 Å². The SMILES string of the molecule is CCCCC/C=C\C/C=C\CCCCCCCCOCC(COC1OC(CO)C(O)C(O)C1O)OC(=O)CC. The Kier molecular flexibility index (Phi) is 21.4. The fraction of sp³-hybridized carbons (Fsp3) is 0.833. The van der Waals surface area contributed by atoms with Crippen LogP contribution < -0.4 is 0 Å². The number of unbranched alkanes of at least 4 members (excludes halogenated alkanes) is 9. The first-order valence-corrected chi connectivity index (χ1v) is 14.9. The Labute approximate surface area is 235 Å². The highest BCUT2D eigenvalue weighted by Gasteiger charge is 2.44. The number of esters is 1. The minimum absolute atomic E-state index is 0.127. The highest BCUT2D eigenvalue weighted by molar-refractivity contribution is 5.69. The molecule has 0 aromatic heterocycles. The lowest BCUT2D eigenvalue weighted by Crippen LogP contribution is -2.59. The lowest BCUT2D eigenvalue weighted by atomic mass is 9.99. The van der Waals surface area contributed by atoms with Crippen molar-refractivity contribution in [1.82, 2.24) is 0 Å². The zero-order valence-corrected chi connectivity index (χ0v) is 24.1. The smallest absolute Gasteiger partial charge is 0.305 e. The zero-order chi connectivity index (χ0) is 28.7. The van der Waals surface area contributed by atoms with Gasteiger partial charge in [0.2, 0.25) is 0 Å². The minimum atomic E-state index is -1.53. The molecule has 1 saturated heterocycles. The molecule has 228 valence electrons. The minimum Gasteiger partial charge on any atom is -0.457 e. The summed E-state index contributed by atoms with van der Waals surface area (Å²) in [6, 6.07) is 0. The van der Waals surface area contributed by atoms with E-state index in [9.17, 15) is 25.2 Å². The molecule has 0 amide bonds. The molecule has 39 heavy (non-hydrogen) atoms. The zero-order valence-electron chi connectivity index (χ0n) is 24.1. The summed E-state index contributed by atoms with van der Waals surface area (Å²) in [7, 11) is 0. The van der Waals surface area contributed by atoms with Gasteiger partial charge in [-0.3, -0.25) is 4.79 Å². The molecule has 4 N–H and O–H groups in total. The first-order chi connectivity index (χ1) is 18.9. The summed E-state index contributed by atoms with van der Waals surface area (Å²) in [6.07, 6.45) is 15.7. The molecule has 0 spiro atoms. The number of ether oxygens (including phenoxy) is 4. The molecule has 0 aliphatic carbocycles. The average Bonchev–Trinajstić information content (AvgIpc) is 2.94. The van der Waals surface area contributed by atoms with Crippen LogP contribution in [0.1, 0.15) is 97.3 Å². The number of allylic oxidation sites excluding steroid dienone is 4. The van der Waals surface area contributed by atoms with E-state index >= 15 is 0 Å². The maximum Gasteiger partial charge on any atom is 0.305 e. The van der Waals surface area contributed by atoms with E-state index in [1.54, 1.807) is 6.92 Å². The molecule has 1 aliphatic rings. The highest BCUT2D eigenvalue weighted by Crippen LogP contribution is 2.22. The molecule has 0 saturated carbocycles. The van der Waals surface area contributed by atoms with Gasteiger partial charge in [-0.1, -0.05) is 76.7 Å². The quantitative estimate of drug-likeness (QED) is 0.0835. The van der Waals surface area contributed by atoms with Crippen molar-refractivity contribution in [1.29, 1.82) is 0 Å². The van der Waals surface area contributed by atoms with Gasteiger partial charge in [0.1, 0.15) is 30.5 Å². The van der Waals surface area contributed by atoms with Gasteiger partial charge < -0.3 is 39.4 Å². The summed E-state index contributed by atoms with van der Waals surface area (Å²) in [5.74, 6) is -0.408. The van der Waals surface area contributed by atoms with Crippen molar-refractivity contribution >= 4 is 5.97 Å². The maximum atomic E-state index is 11.8. The van der Waals surface area contributed by atoms with Crippen molar-refractivity contribution < 1.29 is 44.2 Å². The highest BCUT2D eigenvalue weighted by atomic mass is 16.7. The Bertz CT molecular complexity index is 652. The van der Waals surface area contributed by atoms with Gasteiger partial charge in [0.15, 0.2) is 6.29 Å². The van der Waals surface area contributed by atoms with Crippen LogP contribution in [0.2, 0.25) is 0 Å². The molecule has 1 fully saturated rings. The third-order valence-corrected chi connectivity index (χ3v) is 6.67. The van der Waals surface area contributed by atoms with Crippen molar-refractivity contribution in [3.63, 3.8) is 0 Å². The van der Waals surface area contributed by atoms with Crippen molar-refractivity contribution in [3.05, 3.63) is 24.3 Å². The van der Waals surface area contributed by atoms with Crippen LogP contribution in [-0.2, 0) is 23.7 Å². The third kappa shape index (κ3) is 16.5. The summed E-state index contributed by atoms with van der Waals surface area (Å²) in [5, 5.41) is 39.2. The topological polar surface area (TPSA) is 135 Å². The monoisotopic (exact) mass is 558 g/mol. The second-order valence-corrected chi connectivity index (χ2v) is 10.2. The van der Waals surface area contributed by atoms with E-state index in [4.69, 9.17) is 18.9 Å². The number of aliphatic hydroxyl groups excluding tert-OH is 4. The fourth-order valence-corrected chi connectivity index (χ4v) is 4.20. The molecule has 0 aromatic rings. The Balaban J connectivity index is 2.15. The van der Waals surface area contributed by atoms with Crippen LogP contribution in [-0.4, -0.2) is 89.6 Å². The molecule has 6 unspecified atom stereocenters. The second kappa shape index (κ2) is 23.4. The lowest BCUT2D eigenvalue weighted by Gasteiger charge is -2.39. The third-order valence-electron chi connectivity index (χ3n) is 6.67. The molecule has 6 atom stereocenters. The van der Waals surface area contributed by atoms with E-state index in [0.29, 0.717) is 6.61 Å². The van der Waals surface area contributed by atoms with Gasteiger partial charge in [-0.05, 0) is 38.5 Å². The van der Waals surface area contributed by atoms with Crippen LogP contribution in [0.5, 0.6) is 0 Å². The molecular formula is C30H54O9. The molecule has 0 radical (unpaired) electrons. The normalized spacial score (nSPS) is 24.5. The van der Waals surface area contributed by atoms with Gasteiger partial charge in [0, 0.05) is 13.0 Å². The largest absolute Gasteiger partial charge is 0.457 e. The van der Waals surface area contributed by atoms with Crippen LogP contribution in [0, 0.1) is 0 Å². The number of carbonyl (C=O) groups excluding carboxylic acids is 1. The molecule has 1 rings (SSSR count).